The van der Waals surface area contributed by atoms with Crippen LogP contribution in [0, 0.1) is 0 Å². The van der Waals surface area contributed by atoms with Gasteiger partial charge in [-0.05, 0) is 56.1 Å². The molecule has 0 saturated carbocycles. The van der Waals surface area contributed by atoms with E-state index in [1.54, 1.807) is 12.1 Å². The molecule has 2 heterocycles. The summed E-state index contributed by atoms with van der Waals surface area (Å²) in [5, 5.41) is 10.5. The van der Waals surface area contributed by atoms with Crippen LogP contribution in [0.4, 0.5) is 0 Å². The van der Waals surface area contributed by atoms with Gasteiger partial charge in [-0.2, -0.15) is 0 Å². The lowest BCUT2D eigenvalue weighted by molar-refractivity contribution is -0.129. The Hall–Kier alpha value is -2.64. The Bertz CT molecular complexity index is 932. The van der Waals surface area contributed by atoms with Gasteiger partial charge >= 0.3 is 0 Å². The lowest BCUT2D eigenvalue weighted by Gasteiger charge is -2.28. The number of rotatable bonds is 7. The molecule has 2 aromatic rings. The van der Waals surface area contributed by atoms with Crippen molar-refractivity contribution >= 4 is 33.7 Å². The molecule has 3 rings (SSSR count). The van der Waals surface area contributed by atoms with Gasteiger partial charge in [-0.25, -0.2) is 0 Å². The van der Waals surface area contributed by atoms with Crippen molar-refractivity contribution in [3.63, 3.8) is 0 Å². The Kier molecular flexibility index (Phi) is 6.16. The van der Waals surface area contributed by atoms with Gasteiger partial charge in [-0.1, -0.05) is 28.1 Å². The van der Waals surface area contributed by atoms with Gasteiger partial charge < -0.3 is 19.3 Å². The van der Waals surface area contributed by atoms with E-state index in [0.717, 1.165) is 10.0 Å². The summed E-state index contributed by atoms with van der Waals surface area (Å²) in [5.41, 5.74) is 0.824. The van der Waals surface area contributed by atoms with E-state index < -0.39 is 23.5 Å². The number of carbonyl (C=O) groups excluding carboxylic acids is 2. The topological polar surface area (TPSA) is 74.0 Å². The fraction of sp³-hybridized carbons (Fsp3) is 0.238. The molecule has 0 bridgehead atoms. The molecular weight excluding hydrogens is 424 g/mol. The van der Waals surface area contributed by atoms with Gasteiger partial charge in [0.15, 0.2) is 11.5 Å². The number of nitrogens with zero attached hydrogens (tertiary/aromatic N) is 2. The maximum Gasteiger partial charge on any atom is 0.290 e. The number of likely N-dealkylation sites (N-methyl/N-ethyl adjacent to an activating group) is 1. The number of aliphatic hydroxyl groups is 1. The largest absolute Gasteiger partial charge is 0.503 e. The summed E-state index contributed by atoms with van der Waals surface area (Å²) in [6.07, 6.45) is 4.35. The van der Waals surface area contributed by atoms with Crippen molar-refractivity contribution in [2.24, 2.45) is 0 Å². The lowest BCUT2D eigenvalue weighted by Crippen LogP contribution is -2.36. The minimum atomic E-state index is -0.654. The summed E-state index contributed by atoms with van der Waals surface area (Å²) in [7, 11) is 3.81. The van der Waals surface area contributed by atoms with Crippen LogP contribution < -0.4 is 0 Å². The molecule has 1 aromatic carbocycles. The van der Waals surface area contributed by atoms with Crippen molar-refractivity contribution in [1.82, 2.24) is 9.80 Å². The van der Waals surface area contributed by atoms with Gasteiger partial charge in [0, 0.05) is 17.6 Å². The van der Waals surface area contributed by atoms with E-state index in [1.807, 2.05) is 43.3 Å². The predicted octanol–water partition coefficient (Wildman–Crippen LogP) is 3.58. The highest BCUT2D eigenvalue weighted by molar-refractivity contribution is 9.10. The minimum Gasteiger partial charge on any atom is -0.503 e. The number of ketones is 1. The second kappa shape index (κ2) is 8.58. The van der Waals surface area contributed by atoms with Crippen LogP contribution in [0.3, 0.4) is 0 Å². The van der Waals surface area contributed by atoms with Crippen LogP contribution in [-0.4, -0.2) is 53.8 Å². The number of benzene rings is 1. The first-order valence-corrected chi connectivity index (χ1v) is 9.58. The number of amides is 1. The number of carbonyl (C=O) groups is 2. The molecule has 1 amide bonds. The van der Waals surface area contributed by atoms with Gasteiger partial charge in [0.2, 0.25) is 0 Å². The molecule has 0 saturated heterocycles. The minimum absolute atomic E-state index is 0.0738. The zero-order chi connectivity index (χ0) is 20.3. The molecule has 0 fully saturated rings. The monoisotopic (exact) mass is 444 g/mol. The molecule has 28 heavy (non-hydrogen) atoms. The van der Waals surface area contributed by atoms with E-state index in [2.05, 4.69) is 15.9 Å². The third-order valence-corrected chi connectivity index (χ3v) is 4.96. The van der Waals surface area contributed by atoms with Gasteiger partial charge in [0.05, 0.1) is 17.9 Å². The van der Waals surface area contributed by atoms with Crippen LogP contribution in [-0.2, 0) is 9.59 Å². The molecule has 7 heteroatoms. The molecule has 0 spiro atoms. The van der Waals surface area contributed by atoms with Crippen LogP contribution >= 0.6 is 15.9 Å². The zero-order valence-corrected chi connectivity index (χ0v) is 17.2. The first-order chi connectivity index (χ1) is 13.4. The van der Waals surface area contributed by atoms with E-state index in [0.29, 0.717) is 18.8 Å². The standard InChI is InChI=1S/C21H21BrN2O4/c1-23(2)10-11-24-19(14-5-3-6-15(22)13-14)18(20(26)21(24)27)17(25)9-8-16-7-4-12-28-16/h3-9,12-13,19,26H,10-11H2,1-2H3. The molecule has 146 valence electrons. The lowest BCUT2D eigenvalue weighted by atomic mass is 9.96. The molecule has 1 N–H and O–H groups in total. The highest BCUT2D eigenvalue weighted by atomic mass is 79.9. The van der Waals surface area contributed by atoms with Crippen molar-refractivity contribution < 1.29 is 19.1 Å². The van der Waals surface area contributed by atoms with E-state index in [4.69, 9.17) is 4.42 Å². The normalized spacial score (nSPS) is 17.4. The molecule has 1 aromatic heterocycles. The van der Waals surface area contributed by atoms with E-state index >= 15 is 0 Å². The summed E-state index contributed by atoms with van der Waals surface area (Å²) in [6.45, 7) is 0.985. The number of furan rings is 1. The molecule has 0 radical (unpaired) electrons. The number of hydrogen-bond acceptors (Lipinski definition) is 5. The Morgan fingerprint density at radius 1 is 1.32 bits per heavy atom. The summed E-state index contributed by atoms with van der Waals surface area (Å²) < 4.78 is 6.03. The highest BCUT2D eigenvalue weighted by Crippen LogP contribution is 2.38. The van der Waals surface area contributed by atoms with E-state index in [-0.39, 0.29) is 5.57 Å². The van der Waals surface area contributed by atoms with Gasteiger partial charge in [-0.15, -0.1) is 0 Å². The molecule has 1 aliphatic heterocycles. The number of halogens is 1. The van der Waals surface area contributed by atoms with Crippen LogP contribution in [0.2, 0.25) is 0 Å². The van der Waals surface area contributed by atoms with E-state index in [9.17, 15) is 14.7 Å². The van der Waals surface area contributed by atoms with Crippen molar-refractivity contribution in [3.05, 3.63) is 75.9 Å². The van der Waals surface area contributed by atoms with Crippen LogP contribution in [0.15, 0.2) is 69.0 Å². The number of hydrogen-bond donors (Lipinski definition) is 1. The second-order valence-electron chi connectivity index (χ2n) is 6.73. The number of allylic oxidation sites excluding steroid dienone is 1. The van der Waals surface area contributed by atoms with Gasteiger partial charge in [0.25, 0.3) is 5.91 Å². The predicted molar refractivity (Wildman–Crippen MR) is 110 cm³/mol. The summed E-state index contributed by atoms with van der Waals surface area (Å²) in [6, 6.07) is 10.2. The first kappa shape index (κ1) is 20.1. The molecule has 6 nitrogen and oxygen atoms in total. The Morgan fingerprint density at radius 3 is 2.75 bits per heavy atom. The first-order valence-electron chi connectivity index (χ1n) is 8.78. The number of aliphatic hydroxyl groups excluding tert-OH is 1. The summed E-state index contributed by atoms with van der Waals surface area (Å²) in [4.78, 5) is 29.1. The summed E-state index contributed by atoms with van der Waals surface area (Å²) in [5.74, 6) is -0.958. The maximum absolute atomic E-state index is 12.9. The summed E-state index contributed by atoms with van der Waals surface area (Å²) >= 11 is 3.43. The molecule has 0 aliphatic carbocycles. The Labute approximate surface area is 171 Å². The van der Waals surface area contributed by atoms with Crippen LogP contribution in [0.1, 0.15) is 17.4 Å². The average molecular weight is 445 g/mol. The van der Waals surface area contributed by atoms with Crippen molar-refractivity contribution in [1.29, 1.82) is 0 Å². The van der Waals surface area contributed by atoms with Crippen LogP contribution in [0.5, 0.6) is 0 Å². The van der Waals surface area contributed by atoms with Crippen molar-refractivity contribution in [2.75, 3.05) is 27.2 Å². The second-order valence-corrected chi connectivity index (χ2v) is 7.65. The van der Waals surface area contributed by atoms with E-state index in [1.165, 1.54) is 23.3 Å². The molecule has 1 atom stereocenters. The highest BCUT2D eigenvalue weighted by Gasteiger charge is 2.42. The van der Waals surface area contributed by atoms with Crippen molar-refractivity contribution in [2.45, 2.75) is 6.04 Å². The Morgan fingerprint density at radius 2 is 2.11 bits per heavy atom. The fourth-order valence-corrected chi connectivity index (χ4v) is 3.52. The molecular formula is C21H21BrN2O4. The fourth-order valence-electron chi connectivity index (χ4n) is 3.10. The van der Waals surface area contributed by atoms with Crippen molar-refractivity contribution in [3.8, 4) is 0 Å². The quantitative estimate of drug-likeness (QED) is 0.660. The smallest absolute Gasteiger partial charge is 0.290 e. The Balaban J connectivity index is 1.98. The third-order valence-electron chi connectivity index (χ3n) is 4.46. The molecule has 1 aliphatic rings. The SMILES string of the molecule is CN(C)CCN1C(=O)C(O)=C(C(=O)C=Cc2ccco2)C1c1cccc(Br)c1. The molecule has 1 unspecified atom stereocenters. The van der Waals surface area contributed by atoms with Gasteiger partial charge in [0.1, 0.15) is 5.76 Å². The zero-order valence-electron chi connectivity index (χ0n) is 15.6. The average Bonchev–Trinajstić information content (AvgIpc) is 3.25. The van der Waals surface area contributed by atoms with Crippen LogP contribution in [0.25, 0.3) is 6.08 Å². The third kappa shape index (κ3) is 4.26. The van der Waals surface area contributed by atoms with Gasteiger partial charge in [-0.3, -0.25) is 9.59 Å². The maximum atomic E-state index is 12.9.